The summed E-state index contributed by atoms with van der Waals surface area (Å²) in [7, 11) is 1.56. The van der Waals surface area contributed by atoms with Crippen LogP contribution >= 0.6 is 0 Å². The SMILES string of the molecule is COc1cccc(C(=O)N[C@@H](C(=O)N2CCCC2)C(C)C)c1. The van der Waals surface area contributed by atoms with Crippen LogP contribution in [-0.2, 0) is 4.79 Å². The van der Waals surface area contributed by atoms with Crippen molar-refractivity contribution in [2.24, 2.45) is 5.92 Å². The van der Waals surface area contributed by atoms with E-state index < -0.39 is 6.04 Å². The number of hydrogen-bond donors (Lipinski definition) is 1. The lowest BCUT2D eigenvalue weighted by Crippen LogP contribution is -2.50. The van der Waals surface area contributed by atoms with E-state index in [1.165, 1.54) is 0 Å². The molecule has 5 heteroatoms. The Balaban J connectivity index is 2.09. The molecular formula is C17H24N2O3. The molecule has 1 aromatic carbocycles. The zero-order chi connectivity index (χ0) is 16.1. The van der Waals surface area contributed by atoms with E-state index in [1.807, 2.05) is 18.7 Å². The molecule has 1 saturated heterocycles. The first-order chi connectivity index (χ1) is 10.5. The van der Waals surface area contributed by atoms with Gasteiger partial charge in [-0.2, -0.15) is 0 Å². The molecule has 0 radical (unpaired) electrons. The maximum atomic E-state index is 12.6. The van der Waals surface area contributed by atoms with Crippen molar-refractivity contribution in [2.45, 2.75) is 32.7 Å². The predicted octanol–water partition coefficient (Wildman–Crippen LogP) is 2.07. The highest BCUT2D eigenvalue weighted by Crippen LogP contribution is 2.16. The van der Waals surface area contributed by atoms with Crippen LogP contribution < -0.4 is 10.1 Å². The lowest BCUT2D eigenvalue weighted by molar-refractivity contribution is -0.133. The Morgan fingerprint density at radius 1 is 1.23 bits per heavy atom. The minimum atomic E-state index is -0.489. The Kier molecular flexibility index (Phi) is 5.41. The number of nitrogens with one attached hydrogen (secondary N) is 1. The first-order valence-corrected chi connectivity index (χ1v) is 7.76. The summed E-state index contributed by atoms with van der Waals surface area (Å²) in [5.41, 5.74) is 0.499. The van der Waals surface area contributed by atoms with E-state index in [2.05, 4.69) is 5.32 Å². The summed E-state index contributed by atoms with van der Waals surface area (Å²) in [6.07, 6.45) is 2.08. The van der Waals surface area contributed by atoms with Crippen LogP contribution in [0.3, 0.4) is 0 Å². The molecule has 5 nitrogen and oxygen atoms in total. The Morgan fingerprint density at radius 2 is 1.91 bits per heavy atom. The summed E-state index contributed by atoms with van der Waals surface area (Å²) >= 11 is 0. The molecule has 1 N–H and O–H groups in total. The number of amides is 2. The van der Waals surface area contributed by atoms with Gasteiger partial charge in [0.2, 0.25) is 5.91 Å². The highest BCUT2D eigenvalue weighted by molar-refractivity contribution is 5.98. The molecule has 0 aliphatic carbocycles. The Labute approximate surface area is 131 Å². The van der Waals surface area contributed by atoms with Crippen LogP contribution in [0.2, 0.25) is 0 Å². The summed E-state index contributed by atoms with van der Waals surface area (Å²) in [5, 5.41) is 2.88. The van der Waals surface area contributed by atoms with Gasteiger partial charge in [-0.3, -0.25) is 9.59 Å². The fourth-order valence-electron chi connectivity index (χ4n) is 2.64. The molecule has 120 valence electrons. The standard InChI is InChI=1S/C17H24N2O3/c1-12(2)15(17(21)19-9-4-5-10-19)18-16(20)13-7-6-8-14(11-13)22-3/h6-8,11-12,15H,4-5,9-10H2,1-3H3,(H,18,20)/t15-/m1/s1. The van der Waals surface area contributed by atoms with Crippen molar-refractivity contribution in [1.29, 1.82) is 0 Å². The number of benzene rings is 1. The van der Waals surface area contributed by atoms with Gasteiger partial charge in [0.05, 0.1) is 7.11 Å². The molecule has 1 atom stereocenters. The molecule has 1 fully saturated rings. The van der Waals surface area contributed by atoms with Gasteiger partial charge in [-0.15, -0.1) is 0 Å². The molecule has 2 amide bonds. The predicted molar refractivity (Wildman–Crippen MR) is 84.9 cm³/mol. The molecular weight excluding hydrogens is 280 g/mol. The number of methoxy groups -OCH3 is 1. The van der Waals surface area contributed by atoms with Gasteiger partial charge < -0.3 is 15.0 Å². The van der Waals surface area contributed by atoms with Crippen molar-refractivity contribution in [2.75, 3.05) is 20.2 Å². The molecule has 1 aliphatic heterocycles. The van der Waals surface area contributed by atoms with Crippen molar-refractivity contribution < 1.29 is 14.3 Å². The summed E-state index contributed by atoms with van der Waals surface area (Å²) in [5.74, 6) is 0.441. The van der Waals surface area contributed by atoms with Gasteiger partial charge in [-0.05, 0) is 37.0 Å². The second kappa shape index (κ2) is 7.29. The smallest absolute Gasteiger partial charge is 0.252 e. The molecule has 0 unspecified atom stereocenters. The quantitative estimate of drug-likeness (QED) is 0.906. The fourth-order valence-corrected chi connectivity index (χ4v) is 2.64. The summed E-state index contributed by atoms with van der Waals surface area (Å²) < 4.78 is 5.13. The first kappa shape index (κ1) is 16.3. The lowest BCUT2D eigenvalue weighted by Gasteiger charge is -2.26. The maximum absolute atomic E-state index is 12.6. The van der Waals surface area contributed by atoms with Crippen LogP contribution in [0.15, 0.2) is 24.3 Å². The number of likely N-dealkylation sites (tertiary alicyclic amines) is 1. The highest BCUT2D eigenvalue weighted by Gasteiger charge is 2.30. The summed E-state index contributed by atoms with van der Waals surface area (Å²) in [6, 6.07) is 6.45. The van der Waals surface area contributed by atoms with Gasteiger partial charge in [0.25, 0.3) is 5.91 Å². The number of nitrogens with zero attached hydrogens (tertiary/aromatic N) is 1. The summed E-state index contributed by atoms with van der Waals surface area (Å²) in [4.78, 5) is 26.8. The number of ether oxygens (including phenoxy) is 1. The number of carbonyl (C=O) groups is 2. The minimum Gasteiger partial charge on any atom is -0.497 e. The lowest BCUT2D eigenvalue weighted by atomic mass is 10.0. The Bertz CT molecular complexity index is 536. The van der Waals surface area contributed by atoms with Crippen LogP contribution in [-0.4, -0.2) is 43.0 Å². The Hall–Kier alpha value is -2.04. The maximum Gasteiger partial charge on any atom is 0.252 e. The van der Waals surface area contributed by atoms with E-state index in [0.29, 0.717) is 11.3 Å². The van der Waals surface area contributed by atoms with E-state index in [9.17, 15) is 9.59 Å². The second-order valence-corrected chi connectivity index (χ2v) is 5.96. The third-order valence-electron chi connectivity index (χ3n) is 3.97. The van der Waals surface area contributed by atoms with E-state index in [0.717, 1.165) is 25.9 Å². The molecule has 0 saturated carbocycles. The van der Waals surface area contributed by atoms with Gasteiger partial charge in [0, 0.05) is 18.7 Å². The average molecular weight is 304 g/mol. The molecule has 0 spiro atoms. The molecule has 0 aromatic heterocycles. The first-order valence-electron chi connectivity index (χ1n) is 7.76. The van der Waals surface area contributed by atoms with Crippen molar-refractivity contribution in [3.63, 3.8) is 0 Å². The molecule has 1 aliphatic rings. The van der Waals surface area contributed by atoms with E-state index in [4.69, 9.17) is 4.74 Å². The molecule has 1 aromatic rings. The third-order valence-corrected chi connectivity index (χ3v) is 3.97. The van der Waals surface area contributed by atoms with Gasteiger partial charge in [0.1, 0.15) is 11.8 Å². The summed E-state index contributed by atoms with van der Waals surface area (Å²) in [6.45, 7) is 5.48. The second-order valence-electron chi connectivity index (χ2n) is 5.96. The average Bonchev–Trinajstić information content (AvgIpc) is 3.05. The van der Waals surface area contributed by atoms with Crippen molar-refractivity contribution in [1.82, 2.24) is 10.2 Å². The molecule has 22 heavy (non-hydrogen) atoms. The van der Waals surface area contributed by atoms with Crippen LogP contribution in [0.4, 0.5) is 0 Å². The van der Waals surface area contributed by atoms with Crippen molar-refractivity contribution in [3.8, 4) is 5.75 Å². The van der Waals surface area contributed by atoms with Crippen LogP contribution in [0, 0.1) is 5.92 Å². The normalized spacial score (nSPS) is 15.7. The molecule has 0 bridgehead atoms. The number of carbonyl (C=O) groups excluding carboxylic acids is 2. The van der Waals surface area contributed by atoms with Gasteiger partial charge >= 0.3 is 0 Å². The zero-order valence-electron chi connectivity index (χ0n) is 13.5. The van der Waals surface area contributed by atoms with Gasteiger partial charge in [-0.1, -0.05) is 19.9 Å². The number of rotatable bonds is 5. The number of hydrogen-bond acceptors (Lipinski definition) is 3. The topological polar surface area (TPSA) is 58.6 Å². The minimum absolute atomic E-state index is 0.0174. The van der Waals surface area contributed by atoms with Gasteiger partial charge in [-0.25, -0.2) is 0 Å². The Morgan fingerprint density at radius 3 is 2.50 bits per heavy atom. The zero-order valence-corrected chi connectivity index (χ0v) is 13.5. The van der Waals surface area contributed by atoms with Crippen molar-refractivity contribution in [3.05, 3.63) is 29.8 Å². The van der Waals surface area contributed by atoms with E-state index in [1.54, 1.807) is 31.4 Å². The largest absolute Gasteiger partial charge is 0.497 e. The van der Waals surface area contributed by atoms with E-state index >= 15 is 0 Å². The van der Waals surface area contributed by atoms with Crippen LogP contribution in [0.5, 0.6) is 5.75 Å². The van der Waals surface area contributed by atoms with Crippen LogP contribution in [0.1, 0.15) is 37.0 Å². The van der Waals surface area contributed by atoms with Gasteiger partial charge in [0.15, 0.2) is 0 Å². The highest BCUT2D eigenvalue weighted by atomic mass is 16.5. The van der Waals surface area contributed by atoms with E-state index in [-0.39, 0.29) is 17.7 Å². The molecule has 1 heterocycles. The monoisotopic (exact) mass is 304 g/mol. The third kappa shape index (κ3) is 3.78. The van der Waals surface area contributed by atoms with Crippen molar-refractivity contribution >= 4 is 11.8 Å². The fraction of sp³-hybridized carbons (Fsp3) is 0.529. The molecule has 2 rings (SSSR count). The van der Waals surface area contributed by atoms with Crippen LogP contribution in [0.25, 0.3) is 0 Å².